The number of fused-ring (bicyclic) bond motifs is 1. The molecule has 8 nitrogen and oxygen atoms in total. The Morgan fingerprint density at radius 1 is 1.13 bits per heavy atom. The largest absolute Gasteiger partial charge is 0.378 e. The number of hydrogen-bond acceptors (Lipinski definition) is 8. The Morgan fingerprint density at radius 3 is 2.67 bits per heavy atom. The van der Waals surface area contributed by atoms with Crippen LogP contribution in [0.3, 0.4) is 0 Å². The molecule has 0 aliphatic heterocycles. The number of aromatic nitrogens is 4. The fourth-order valence-corrected chi connectivity index (χ4v) is 3.55. The molecule has 30 heavy (non-hydrogen) atoms. The van der Waals surface area contributed by atoms with E-state index in [1.807, 2.05) is 61.5 Å². The molecule has 0 spiro atoms. The minimum atomic E-state index is -0.137. The Labute approximate surface area is 177 Å². The van der Waals surface area contributed by atoms with Crippen LogP contribution in [0.15, 0.2) is 58.3 Å². The standard InChI is InChI=1S/C21H21N7OS/c1-14-24-18-7-5-4-6-17(18)20(29)28(14)23-13-19-25-26-21(30-19)22-12-15-8-10-16(11-9-15)27(2)3/h4-12,23H,13H2,1-3H3/b22-12+. The second kappa shape index (κ2) is 8.42. The molecule has 0 radical (unpaired) electrons. The number of benzene rings is 2. The van der Waals surface area contributed by atoms with Crippen molar-refractivity contribution < 1.29 is 0 Å². The van der Waals surface area contributed by atoms with Crippen molar-refractivity contribution in [2.45, 2.75) is 13.5 Å². The first-order valence-electron chi connectivity index (χ1n) is 9.37. The predicted molar refractivity (Wildman–Crippen MR) is 122 cm³/mol. The Kier molecular flexibility index (Phi) is 5.53. The third-order valence-electron chi connectivity index (χ3n) is 4.52. The normalized spacial score (nSPS) is 11.3. The molecule has 152 valence electrons. The highest BCUT2D eigenvalue weighted by Crippen LogP contribution is 2.19. The van der Waals surface area contributed by atoms with Gasteiger partial charge >= 0.3 is 0 Å². The zero-order valence-electron chi connectivity index (χ0n) is 16.9. The van der Waals surface area contributed by atoms with E-state index in [0.29, 0.717) is 28.4 Å². The Bertz CT molecular complexity index is 1260. The van der Waals surface area contributed by atoms with Crippen molar-refractivity contribution >= 4 is 39.3 Å². The molecule has 2 aromatic carbocycles. The van der Waals surface area contributed by atoms with Crippen LogP contribution in [0.4, 0.5) is 10.8 Å². The smallest absolute Gasteiger partial charge is 0.279 e. The van der Waals surface area contributed by atoms with E-state index in [1.54, 1.807) is 19.2 Å². The van der Waals surface area contributed by atoms with E-state index in [9.17, 15) is 4.79 Å². The summed E-state index contributed by atoms with van der Waals surface area (Å²) in [5.41, 5.74) is 5.75. The molecule has 2 aromatic heterocycles. The molecule has 4 aromatic rings. The average Bonchev–Trinajstić information content (AvgIpc) is 3.20. The second-order valence-electron chi connectivity index (χ2n) is 6.87. The monoisotopic (exact) mass is 419 g/mol. The molecule has 1 N–H and O–H groups in total. The second-order valence-corrected chi connectivity index (χ2v) is 7.91. The molecular weight excluding hydrogens is 398 g/mol. The third kappa shape index (κ3) is 4.20. The molecule has 2 heterocycles. The SMILES string of the molecule is Cc1nc2ccccc2c(=O)n1NCc1nnc(/N=C/c2ccc(N(C)C)cc2)s1. The number of hydrogen-bond donors (Lipinski definition) is 1. The van der Waals surface area contributed by atoms with Crippen molar-refractivity contribution in [3.05, 3.63) is 75.3 Å². The molecule has 0 unspecified atom stereocenters. The summed E-state index contributed by atoms with van der Waals surface area (Å²) < 4.78 is 1.44. The Hall–Kier alpha value is -3.59. The van der Waals surface area contributed by atoms with Crippen LogP contribution in [0.2, 0.25) is 0 Å². The summed E-state index contributed by atoms with van der Waals surface area (Å²) in [6, 6.07) is 15.4. The molecule has 0 aliphatic carbocycles. The minimum Gasteiger partial charge on any atom is -0.378 e. The Balaban J connectivity index is 1.45. The summed E-state index contributed by atoms with van der Waals surface area (Å²) in [5.74, 6) is 0.586. The molecule has 0 saturated heterocycles. The first-order chi connectivity index (χ1) is 14.5. The van der Waals surface area contributed by atoms with Crippen molar-refractivity contribution in [1.82, 2.24) is 19.9 Å². The number of nitrogens with zero attached hydrogens (tertiary/aromatic N) is 6. The summed E-state index contributed by atoms with van der Waals surface area (Å²) in [7, 11) is 4.01. The van der Waals surface area contributed by atoms with Gasteiger partial charge in [-0.25, -0.2) is 14.7 Å². The van der Waals surface area contributed by atoms with Crippen LogP contribution in [-0.2, 0) is 6.54 Å². The average molecular weight is 420 g/mol. The van der Waals surface area contributed by atoms with Gasteiger partial charge in [0.05, 0.1) is 17.4 Å². The van der Waals surface area contributed by atoms with Gasteiger partial charge in [0.1, 0.15) is 10.8 Å². The summed E-state index contributed by atoms with van der Waals surface area (Å²) in [6.07, 6.45) is 1.76. The summed E-state index contributed by atoms with van der Waals surface area (Å²) in [4.78, 5) is 23.6. The van der Waals surface area contributed by atoms with E-state index in [0.717, 1.165) is 16.3 Å². The van der Waals surface area contributed by atoms with Crippen LogP contribution in [-0.4, -0.2) is 40.2 Å². The van der Waals surface area contributed by atoms with Gasteiger partial charge in [-0.15, -0.1) is 10.2 Å². The maximum Gasteiger partial charge on any atom is 0.279 e. The molecule has 0 bridgehead atoms. The molecule has 0 saturated carbocycles. The van der Waals surface area contributed by atoms with E-state index < -0.39 is 0 Å². The van der Waals surface area contributed by atoms with Crippen molar-refractivity contribution in [2.24, 2.45) is 4.99 Å². The lowest BCUT2D eigenvalue weighted by Crippen LogP contribution is -2.31. The van der Waals surface area contributed by atoms with Gasteiger partial charge in [0.2, 0.25) is 5.13 Å². The number of rotatable bonds is 6. The highest BCUT2D eigenvalue weighted by molar-refractivity contribution is 7.14. The quantitative estimate of drug-likeness (QED) is 0.483. The van der Waals surface area contributed by atoms with Gasteiger partial charge in [-0.05, 0) is 36.8 Å². The van der Waals surface area contributed by atoms with Crippen molar-refractivity contribution in [2.75, 3.05) is 24.4 Å². The van der Waals surface area contributed by atoms with Gasteiger partial charge in [-0.2, -0.15) is 0 Å². The molecule has 0 amide bonds. The van der Waals surface area contributed by atoms with Crippen LogP contribution < -0.4 is 15.9 Å². The number of aliphatic imine (C=N–C) groups is 1. The van der Waals surface area contributed by atoms with Gasteiger partial charge < -0.3 is 10.3 Å². The van der Waals surface area contributed by atoms with Crippen LogP contribution in [0, 0.1) is 6.92 Å². The summed E-state index contributed by atoms with van der Waals surface area (Å²) >= 11 is 1.37. The van der Waals surface area contributed by atoms with Crippen molar-refractivity contribution in [1.29, 1.82) is 0 Å². The zero-order chi connectivity index (χ0) is 21.1. The van der Waals surface area contributed by atoms with Crippen molar-refractivity contribution in [3.8, 4) is 0 Å². The fraction of sp³-hybridized carbons (Fsp3) is 0.190. The van der Waals surface area contributed by atoms with Gasteiger partial charge in [0, 0.05) is 26.0 Å². The van der Waals surface area contributed by atoms with E-state index in [-0.39, 0.29) is 5.56 Å². The van der Waals surface area contributed by atoms with Gasteiger partial charge in [0.25, 0.3) is 5.56 Å². The molecule has 9 heteroatoms. The first kappa shape index (κ1) is 19.7. The van der Waals surface area contributed by atoms with Crippen LogP contribution in [0.5, 0.6) is 0 Å². The number of aryl methyl sites for hydroxylation is 1. The Morgan fingerprint density at radius 2 is 1.90 bits per heavy atom. The highest BCUT2D eigenvalue weighted by Gasteiger charge is 2.09. The fourth-order valence-electron chi connectivity index (χ4n) is 2.93. The van der Waals surface area contributed by atoms with E-state index in [4.69, 9.17) is 0 Å². The summed E-state index contributed by atoms with van der Waals surface area (Å²) in [6.45, 7) is 2.14. The number of para-hydroxylation sites is 1. The first-order valence-corrected chi connectivity index (χ1v) is 10.2. The molecule has 4 rings (SSSR count). The highest BCUT2D eigenvalue weighted by atomic mass is 32.1. The van der Waals surface area contributed by atoms with Gasteiger partial charge in [0.15, 0.2) is 0 Å². The maximum absolute atomic E-state index is 12.7. The molecule has 0 fully saturated rings. The lowest BCUT2D eigenvalue weighted by atomic mass is 10.2. The van der Waals surface area contributed by atoms with Gasteiger partial charge in [-0.1, -0.05) is 35.6 Å². The zero-order valence-corrected chi connectivity index (χ0v) is 17.7. The number of anilines is 1. The lowest BCUT2D eigenvalue weighted by Gasteiger charge is -2.11. The summed E-state index contributed by atoms with van der Waals surface area (Å²) in [5, 5.41) is 10.1. The number of nitrogens with one attached hydrogen (secondary N) is 1. The predicted octanol–water partition coefficient (Wildman–Crippen LogP) is 3.12. The topological polar surface area (TPSA) is 88.3 Å². The van der Waals surface area contributed by atoms with E-state index >= 15 is 0 Å². The molecular formula is C21H21N7OS. The third-order valence-corrected chi connectivity index (χ3v) is 5.35. The van der Waals surface area contributed by atoms with E-state index in [1.165, 1.54) is 16.0 Å². The van der Waals surface area contributed by atoms with Crippen LogP contribution >= 0.6 is 11.3 Å². The van der Waals surface area contributed by atoms with Crippen LogP contribution in [0.1, 0.15) is 16.4 Å². The molecule has 0 aliphatic rings. The van der Waals surface area contributed by atoms with E-state index in [2.05, 4.69) is 25.6 Å². The lowest BCUT2D eigenvalue weighted by molar-refractivity contribution is 0.748. The van der Waals surface area contributed by atoms with Gasteiger partial charge in [-0.3, -0.25) is 4.79 Å². The minimum absolute atomic E-state index is 0.137. The van der Waals surface area contributed by atoms with Crippen molar-refractivity contribution in [3.63, 3.8) is 0 Å². The van der Waals surface area contributed by atoms with Crippen LogP contribution in [0.25, 0.3) is 10.9 Å². The maximum atomic E-state index is 12.7. The molecule has 0 atom stereocenters.